The summed E-state index contributed by atoms with van der Waals surface area (Å²) in [5, 5.41) is 8.99. The van der Waals surface area contributed by atoms with Crippen molar-refractivity contribution < 1.29 is 4.39 Å². The van der Waals surface area contributed by atoms with Gasteiger partial charge in [-0.15, -0.1) is 0 Å². The number of hydrogen-bond donors (Lipinski definition) is 0. The standard InChI is InChI=1S/C12H12ClFN4/c1-5-8(7(2)14)11-16-10(13)9(6-15)12(17-11)18(3)4/h5H,2H2,1,3-4H3/b8-5+. The largest absolute Gasteiger partial charge is 0.361 e. The number of anilines is 1. The number of allylic oxidation sites excluding steroid dienone is 3. The summed E-state index contributed by atoms with van der Waals surface area (Å²) in [6.45, 7) is 4.86. The third kappa shape index (κ3) is 2.66. The summed E-state index contributed by atoms with van der Waals surface area (Å²) >= 11 is 5.90. The van der Waals surface area contributed by atoms with Crippen LogP contribution in [0.3, 0.4) is 0 Å². The van der Waals surface area contributed by atoms with Crippen LogP contribution in [0, 0.1) is 11.3 Å². The van der Waals surface area contributed by atoms with Gasteiger partial charge in [0.15, 0.2) is 16.8 Å². The number of hydrogen-bond acceptors (Lipinski definition) is 4. The molecule has 0 saturated heterocycles. The molecular weight excluding hydrogens is 255 g/mol. The van der Waals surface area contributed by atoms with Gasteiger partial charge in [-0.05, 0) is 6.92 Å². The fourth-order valence-corrected chi connectivity index (χ4v) is 1.58. The van der Waals surface area contributed by atoms with Gasteiger partial charge < -0.3 is 4.90 Å². The van der Waals surface area contributed by atoms with Crippen LogP contribution in [-0.4, -0.2) is 24.1 Å². The van der Waals surface area contributed by atoms with Crippen molar-refractivity contribution in [3.63, 3.8) is 0 Å². The van der Waals surface area contributed by atoms with Gasteiger partial charge in [0, 0.05) is 14.1 Å². The number of aromatic nitrogens is 2. The molecule has 0 radical (unpaired) electrons. The van der Waals surface area contributed by atoms with E-state index in [1.807, 2.05) is 6.07 Å². The van der Waals surface area contributed by atoms with Crippen LogP contribution in [-0.2, 0) is 0 Å². The summed E-state index contributed by atoms with van der Waals surface area (Å²) in [5.41, 5.74) is 0.315. The highest BCUT2D eigenvalue weighted by molar-refractivity contribution is 6.31. The van der Waals surface area contributed by atoms with E-state index in [4.69, 9.17) is 16.9 Å². The number of halogens is 2. The molecule has 0 aliphatic heterocycles. The maximum Gasteiger partial charge on any atom is 0.165 e. The lowest BCUT2D eigenvalue weighted by Gasteiger charge is -2.15. The fourth-order valence-electron chi connectivity index (χ4n) is 1.37. The second kappa shape index (κ2) is 5.61. The van der Waals surface area contributed by atoms with E-state index >= 15 is 0 Å². The second-order valence-electron chi connectivity index (χ2n) is 3.65. The van der Waals surface area contributed by atoms with Gasteiger partial charge in [-0.2, -0.15) is 5.26 Å². The Hall–Kier alpha value is -1.93. The molecule has 0 aliphatic carbocycles. The Bertz CT molecular complexity index is 558. The molecule has 0 amide bonds. The quantitative estimate of drug-likeness (QED) is 0.623. The van der Waals surface area contributed by atoms with E-state index in [0.29, 0.717) is 5.82 Å². The highest BCUT2D eigenvalue weighted by atomic mass is 35.5. The summed E-state index contributed by atoms with van der Waals surface area (Å²) in [4.78, 5) is 9.67. The maximum absolute atomic E-state index is 13.2. The Morgan fingerprint density at radius 2 is 2.11 bits per heavy atom. The molecule has 1 rings (SSSR count). The number of rotatable bonds is 3. The molecule has 6 heteroatoms. The van der Waals surface area contributed by atoms with E-state index in [9.17, 15) is 4.39 Å². The average molecular weight is 267 g/mol. The lowest BCUT2D eigenvalue weighted by molar-refractivity contribution is 0.675. The van der Waals surface area contributed by atoms with Gasteiger partial charge in [-0.1, -0.05) is 24.3 Å². The van der Waals surface area contributed by atoms with E-state index < -0.39 is 5.83 Å². The van der Waals surface area contributed by atoms with Crippen LogP contribution < -0.4 is 4.90 Å². The first-order valence-corrected chi connectivity index (χ1v) is 5.46. The lowest BCUT2D eigenvalue weighted by atomic mass is 10.2. The molecule has 0 N–H and O–H groups in total. The highest BCUT2D eigenvalue weighted by Crippen LogP contribution is 2.27. The Labute approximate surface area is 110 Å². The van der Waals surface area contributed by atoms with Gasteiger partial charge >= 0.3 is 0 Å². The van der Waals surface area contributed by atoms with Crippen LogP contribution in [0.5, 0.6) is 0 Å². The van der Waals surface area contributed by atoms with E-state index in [1.54, 1.807) is 25.9 Å². The molecule has 94 valence electrons. The first kappa shape index (κ1) is 14.1. The van der Waals surface area contributed by atoms with Gasteiger partial charge in [0.2, 0.25) is 0 Å². The predicted molar refractivity (Wildman–Crippen MR) is 70.0 cm³/mol. The molecule has 0 aliphatic rings. The molecule has 0 bridgehead atoms. The minimum atomic E-state index is -0.650. The predicted octanol–water partition coefficient (Wildman–Crippen LogP) is 2.95. The Morgan fingerprint density at radius 1 is 1.50 bits per heavy atom. The van der Waals surface area contributed by atoms with Crippen LogP contribution in [0.2, 0.25) is 5.15 Å². The van der Waals surface area contributed by atoms with E-state index in [-0.39, 0.29) is 22.1 Å². The molecule has 1 aromatic rings. The molecule has 18 heavy (non-hydrogen) atoms. The van der Waals surface area contributed by atoms with Crippen LogP contribution in [0.25, 0.3) is 5.57 Å². The zero-order valence-electron chi connectivity index (χ0n) is 10.3. The summed E-state index contributed by atoms with van der Waals surface area (Å²) in [5.74, 6) is -0.200. The Balaban J connectivity index is 3.53. The molecule has 0 unspecified atom stereocenters. The zero-order valence-corrected chi connectivity index (χ0v) is 11.1. The van der Waals surface area contributed by atoms with Crippen molar-refractivity contribution in [2.75, 3.05) is 19.0 Å². The van der Waals surface area contributed by atoms with Gasteiger partial charge in [0.25, 0.3) is 0 Å². The third-order valence-electron chi connectivity index (χ3n) is 2.20. The topological polar surface area (TPSA) is 52.8 Å². The molecule has 0 fully saturated rings. The molecule has 1 aromatic heterocycles. The molecule has 4 nitrogen and oxygen atoms in total. The zero-order chi connectivity index (χ0) is 13.9. The van der Waals surface area contributed by atoms with Gasteiger partial charge in [-0.25, -0.2) is 14.4 Å². The lowest BCUT2D eigenvalue weighted by Crippen LogP contribution is -2.15. The van der Waals surface area contributed by atoms with E-state index in [2.05, 4.69) is 16.5 Å². The van der Waals surface area contributed by atoms with Crippen molar-refractivity contribution in [1.82, 2.24) is 9.97 Å². The second-order valence-corrected chi connectivity index (χ2v) is 4.01. The number of nitrogens with zero attached hydrogens (tertiary/aromatic N) is 4. The van der Waals surface area contributed by atoms with Crippen molar-refractivity contribution in [2.24, 2.45) is 0 Å². The third-order valence-corrected chi connectivity index (χ3v) is 2.48. The first-order valence-electron chi connectivity index (χ1n) is 5.08. The molecule has 0 spiro atoms. The van der Waals surface area contributed by atoms with Crippen molar-refractivity contribution in [3.05, 3.63) is 35.0 Å². The normalized spacial score (nSPS) is 11.0. The summed E-state index contributed by atoms with van der Waals surface area (Å²) < 4.78 is 13.2. The maximum atomic E-state index is 13.2. The Morgan fingerprint density at radius 3 is 2.50 bits per heavy atom. The molecule has 0 atom stereocenters. The van der Waals surface area contributed by atoms with Gasteiger partial charge in [-0.3, -0.25) is 0 Å². The van der Waals surface area contributed by atoms with Crippen LogP contribution in [0.15, 0.2) is 18.5 Å². The van der Waals surface area contributed by atoms with Crippen molar-refractivity contribution in [2.45, 2.75) is 6.92 Å². The minimum absolute atomic E-state index is 0.00759. The first-order chi connectivity index (χ1) is 8.42. The van der Waals surface area contributed by atoms with Gasteiger partial charge in [0.05, 0.1) is 5.57 Å². The monoisotopic (exact) mass is 266 g/mol. The van der Waals surface area contributed by atoms with Gasteiger partial charge in [0.1, 0.15) is 17.5 Å². The van der Waals surface area contributed by atoms with Crippen LogP contribution in [0.1, 0.15) is 18.3 Å². The SMILES string of the molecule is C=C(F)/C(=C\C)c1nc(Cl)c(C#N)c(N(C)C)n1. The van der Waals surface area contributed by atoms with E-state index in [0.717, 1.165) is 0 Å². The molecular formula is C12H12ClFN4. The van der Waals surface area contributed by atoms with E-state index in [1.165, 1.54) is 6.08 Å². The highest BCUT2D eigenvalue weighted by Gasteiger charge is 2.17. The Kier molecular flexibility index (Phi) is 4.40. The summed E-state index contributed by atoms with van der Waals surface area (Å²) in [7, 11) is 3.42. The average Bonchev–Trinajstić information content (AvgIpc) is 2.28. The summed E-state index contributed by atoms with van der Waals surface area (Å²) in [6.07, 6.45) is 1.50. The smallest absolute Gasteiger partial charge is 0.165 e. The van der Waals surface area contributed by atoms with Crippen molar-refractivity contribution >= 4 is 23.0 Å². The van der Waals surface area contributed by atoms with Crippen LogP contribution >= 0.6 is 11.6 Å². The molecule has 0 saturated carbocycles. The fraction of sp³-hybridized carbons (Fsp3) is 0.250. The minimum Gasteiger partial charge on any atom is -0.361 e. The van der Waals surface area contributed by atoms with Crippen molar-refractivity contribution in [1.29, 1.82) is 5.26 Å². The number of nitriles is 1. The van der Waals surface area contributed by atoms with Crippen molar-refractivity contribution in [3.8, 4) is 6.07 Å². The molecule has 0 aromatic carbocycles. The van der Waals surface area contributed by atoms with Crippen LogP contribution in [0.4, 0.5) is 10.2 Å². The molecule has 1 heterocycles. The summed E-state index contributed by atoms with van der Waals surface area (Å²) in [6, 6.07) is 1.92.